The SMILES string of the molecule is C.C.C.C[S-].Cc1ccc(-c2csc(N)n2)c2ccccc12.Cc1ccc(-c2nc(N)sc2Br)c2ccccc12.Cc1ccc(-c2nc(N)sc2Cl)c2ccccc12.Cc1ccc(-c2nc(N)sc2F)c2ccccc12.[K+]. The second kappa shape index (κ2) is 29.4. The maximum Gasteiger partial charge on any atom is 1.00 e. The van der Waals surface area contributed by atoms with Crippen molar-refractivity contribution in [3.05, 3.63) is 186 Å². The smallest absolute Gasteiger partial charge is 0.796 e. The van der Waals surface area contributed by atoms with Gasteiger partial charge in [-0.2, -0.15) is 10.6 Å². The molecule has 12 rings (SSSR count). The van der Waals surface area contributed by atoms with Crippen molar-refractivity contribution in [3.8, 4) is 45.0 Å². The molecule has 0 saturated heterocycles. The molecule has 0 spiro atoms. The molecule has 0 aliphatic rings. The minimum atomic E-state index is -0.332. The van der Waals surface area contributed by atoms with E-state index < -0.39 is 0 Å². The number of thiazole rings is 4. The van der Waals surface area contributed by atoms with Gasteiger partial charge in [0.05, 0.1) is 15.2 Å². The van der Waals surface area contributed by atoms with Crippen molar-refractivity contribution < 1.29 is 55.8 Å². The molecule has 0 unspecified atom stereocenters. The monoisotopic (exact) mass is 1220 g/mol. The van der Waals surface area contributed by atoms with Crippen LogP contribution in [0.25, 0.3) is 88.1 Å². The Morgan fingerprint density at radius 1 is 0.429 bits per heavy atom. The second-order valence-electron chi connectivity index (χ2n) is 16.5. The number of aromatic nitrogens is 4. The summed E-state index contributed by atoms with van der Waals surface area (Å²) in [7, 11) is 0. The number of rotatable bonds is 4. The molecule has 77 heavy (non-hydrogen) atoms. The summed E-state index contributed by atoms with van der Waals surface area (Å²) in [5.74, 6) is 0. The summed E-state index contributed by atoms with van der Waals surface area (Å²) in [6, 6.07) is 49.5. The molecule has 0 aliphatic carbocycles. The number of fused-ring (bicyclic) bond motifs is 4. The van der Waals surface area contributed by atoms with Crippen molar-refractivity contribution in [3.63, 3.8) is 0 Å². The van der Waals surface area contributed by atoms with E-state index in [0.717, 1.165) is 76.2 Å². The van der Waals surface area contributed by atoms with Gasteiger partial charge in [-0.15, -0.1) is 11.3 Å². The summed E-state index contributed by atoms with van der Waals surface area (Å²) >= 11 is 18.9. The molecule has 17 heteroatoms. The molecule has 0 radical (unpaired) electrons. The Balaban J connectivity index is 0.000000216. The Labute approximate surface area is 529 Å². The van der Waals surface area contributed by atoms with Crippen LogP contribution < -0.4 is 74.3 Å². The molecule has 0 saturated carbocycles. The Morgan fingerprint density at radius 2 is 0.753 bits per heavy atom. The van der Waals surface area contributed by atoms with Gasteiger partial charge in [0.25, 0.3) is 0 Å². The number of nitrogens with two attached hydrogens (primary N) is 4. The van der Waals surface area contributed by atoms with E-state index >= 15 is 0 Å². The Hall–Kier alpha value is -4.79. The molecular weight excluding hydrogens is 1170 g/mol. The van der Waals surface area contributed by atoms with Gasteiger partial charge in [-0.1, -0.05) is 213 Å². The fourth-order valence-corrected chi connectivity index (χ4v) is 12.0. The van der Waals surface area contributed by atoms with Gasteiger partial charge in [-0.05, 0) is 109 Å². The van der Waals surface area contributed by atoms with Crippen molar-refractivity contribution in [2.24, 2.45) is 0 Å². The van der Waals surface area contributed by atoms with E-state index in [1.54, 1.807) is 6.26 Å². The van der Waals surface area contributed by atoms with E-state index in [-0.39, 0.29) is 83.9 Å². The first-order chi connectivity index (χ1) is 35.2. The molecule has 8 aromatic carbocycles. The molecule has 0 aliphatic heterocycles. The average molecular weight is 1230 g/mol. The minimum absolute atomic E-state index is 0. The van der Waals surface area contributed by atoms with Crippen LogP contribution in [0, 0.1) is 32.8 Å². The number of hydrogen-bond acceptors (Lipinski definition) is 13. The predicted molar refractivity (Wildman–Crippen MR) is 343 cm³/mol. The van der Waals surface area contributed by atoms with Crippen molar-refractivity contribution in [2.45, 2.75) is 50.0 Å². The number of hydrogen-bond donors (Lipinski definition) is 4. The van der Waals surface area contributed by atoms with Gasteiger partial charge in [0, 0.05) is 27.6 Å². The molecule has 392 valence electrons. The van der Waals surface area contributed by atoms with E-state index in [9.17, 15) is 4.39 Å². The Morgan fingerprint density at radius 3 is 1.09 bits per heavy atom. The number of anilines is 4. The summed E-state index contributed by atoms with van der Waals surface area (Å²) in [4.78, 5) is 17.2. The van der Waals surface area contributed by atoms with Crippen molar-refractivity contribution in [1.29, 1.82) is 0 Å². The van der Waals surface area contributed by atoms with Gasteiger partial charge in [0.1, 0.15) is 15.7 Å². The number of aryl methyl sites for hydroxylation is 4. The van der Waals surface area contributed by atoms with Gasteiger partial charge in [0.2, 0.25) is 5.13 Å². The van der Waals surface area contributed by atoms with Gasteiger partial charge in [-0.25, -0.2) is 19.9 Å². The predicted octanol–water partition coefficient (Wildman–Crippen LogP) is 16.0. The molecule has 8 nitrogen and oxygen atoms in total. The molecule has 0 atom stereocenters. The van der Waals surface area contributed by atoms with Crippen LogP contribution in [0.2, 0.25) is 4.34 Å². The van der Waals surface area contributed by atoms with Gasteiger partial charge >= 0.3 is 51.4 Å². The van der Waals surface area contributed by atoms with Crippen LogP contribution in [0.5, 0.6) is 0 Å². The van der Waals surface area contributed by atoms with E-state index in [4.69, 9.17) is 34.5 Å². The van der Waals surface area contributed by atoms with E-state index in [0.29, 0.717) is 25.4 Å². The Bertz CT molecular complexity index is 3610. The topological polar surface area (TPSA) is 156 Å². The molecule has 8 N–H and O–H groups in total. The third kappa shape index (κ3) is 14.7. The van der Waals surface area contributed by atoms with Crippen molar-refractivity contribution in [2.75, 3.05) is 29.2 Å². The van der Waals surface area contributed by atoms with E-state index in [1.807, 2.05) is 60.8 Å². The number of benzene rings is 8. The number of nitrogen functional groups attached to an aromatic ring is 4. The quantitative estimate of drug-likeness (QED) is 0.0995. The third-order valence-corrected chi connectivity index (χ3v) is 15.9. The van der Waals surface area contributed by atoms with Crippen LogP contribution in [-0.4, -0.2) is 26.2 Å². The van der Waals surface area contributed by atoms with E-state index in [1.165, 1.54) is 77.6 Å². The third-order valence-electron chi connectivity index (χ3n) is 11.9. The zero-order valence-corrected chi connectivity index (χ0v) is 50.8. The first kappa shape index (κ1) is 64.7. The van der Waals surface area contributed by atoms with Crippen LogP contribution in [0.3, 0.4) is 0 Å². The van der Waals surface area contributed by atoms with Crippen LogP contribution in [0.15, 0.2) is 155 Å². The molecule has 12 aromatic rings. The standard InChI is InChI=1S/C14H11BrN2S.C14H11ClN2S.C14H11FN2S.C14H12N2S.CH4S.3CH4.K/c3*1-8-6-7-11(10-5-3-2-4-9(8)10)12-13(15)18-14(16)17-12;1-9-6-7-12(13-8-17-14(15)16-13)11-5-3-2-4-10(9)11;1-2;;;;/h3*2-7H,1H3,(H2,16,17);2-8H,1H3,(H2,15,16);2H,1H3;3*1H4;/q;;;;;;;;+1/p-1. The second-order valence-corrected chi connectivity index (χ2v) is 22.3. The first-order valence-electron chi connectivity index (χ1n) is 22.6. The molecule has 0 amide bonds. The minimum Gasteiger partial charge on any atom is -0.796 e. The van der Waals surface area contributed by atoms with Crippen LogP contribution in [0.4, 0.5) is 24.9 Å². The van der Waals surface area contributed by atoms with Gasteiger partial charge in [0.15, 0.2) is 20.5 Å². The summed E-state index contributed by atoms with van der Waals surface area (Å²) in [5, 5.41) is 13.1. The summed E-state index contributed by atoms with van der Waals surface area (Å²) in [6.07, 6.45) is 1.58. The fourth-order valence-electron chi connectivity index (χ4n) is 8.50. The van der Waals surface area contributed by atoms with E-state index in [2.05, 4.69) is 166 Å². The Kier molecular flexibility index (Phi) is 24.7. The maximum absolute atomic E-state index is 13.8. The van der Waals surface area contributed by atoms with Crippen molar-refractivity contribution in [1.82, 2.24) is 19.9 Å². The number of halogens is 3. The van der Waals surface area contributed by atoms with Crippen LogP contribution in [-0.2, 0) is 12.6 Å². The summed E-state index contributed by atoms with van der Waals surface area (Å²) in [6.45, 7) is 8.39. The zero-order valence-electron chi connectivity index (χ0n) is 41.2. The fraction of sp³-hybridized carbons (Fsp3) is 0.133. The zero-order chi connectivity index (χ0) is 51.9. The molecule has 0 fully saturated rings. The largest absolute Gasteiger partial charge is 1.00 e. The van der Waals surface area contributed by atoms with Crippen LogP contribution in [0.1, 0.15) is 44.5 Å². The summed E-state index contributed by atoms with van der Waals surface area (Å²) in [5.41, 5.74) is 34.8. The van der Waals surface area contributed by atoms with Crippen LogP contribution >= 0.6 is 72.9 Å². The summed E-state index contributed by atoms with van der Waals surface area (Å²) < 4.78 is 15.4. The maximum atomic E-state index is 13.8. The van der Waals surface area contributed by atoms with Gasteiger partial charge in [-0.3, -0.25) is 0 Å². The number of nitrogens with zero attached hydrogens (tertiary/aromatic N) is 4. The first-order valence-corrected chi connectivity index (χ1v) is 27.9. The molecule has 0 bridgehead atoms. The molecule has 4 aromatic heterocycles. The average Bonchev–Trinajstić information content (AvgIpc) is 4.18. The van der Waals surface area contributed by atoms with Crippen molar-refractivity contribution >= 4 is 149 Å². The molecule has 4 heterocycles. The normalized spacial score (nSPS) is 10.2. The van der Waals surface area contributed by atoms with Gasteiger partial charge < -0.3 is 35.6 Å². The molecular formula is C60H60BrClFKN8S5.